The first-order chi connectivity index (χ1) is 12.6. The molecule has 2 aliphatic heterocycles. The second kappa shape index (κ2) is 8.52. The second-order valence-corrected chi connectivity index (χ2v) is 8.14. The van der Waals surface area contributed by atoms with Gasteiger partial charge in [-0.2, -0.15) is 0 Å². The normalized spacial score (nSPS) is 24.6. The van der Waals surface area contributed by atoms with Crippen molar-refractivity contribution < 1.29 is 23.8 Å². The summed E-state index contributed by atoms with van der Waals surface area (Å²) in [5.41, 5.74) is -0.148. The molecule has 152 valence electrons. The van der Waals surface area contributed by atoms with Gasteiger partial charge in [0, 0.05) is 12.4 Å². The second-order valence-electron chi connectivity index (χ2n) is 7.87. The van der Waals surface area contributed by atoms with Crippen LogP contribution in [-0.4, -0.2) is 71.5 Å². The molecule has 0 spiro atoms. The highest BCUT2D eigenvalue weighted by atomic mass is 35.5. The Bertz CT molecular complexity index is 614. The van der Waals surface area contributed by atoms with E-state index in [1.54, 1.807) is 15.9 Å². The van der Waals surface area contributed by atoms with Crippen LogP contribution in [0.2, 0.25) is 0 Å². The van der Waals surface area contributed by atoms with Crippen LogP contribution in [0.15, 0.2) is 23.8 Å². The lowest BCUT2D eigenvalue weighted by Gasteiger charge is -2.36. The van der Waals surface area contributed by atoms with Gasteiger partial charge in [-0.05, 0) is 40.7 Å². The summed E-state index contributed by atoms with van der Waals surface area (Å²) in [5.74, 6) is 0.423. The molecule has 0 aromatic rings. The number of carbonyl (C=O) groups excluding carboxylic acids is 2. The van der Waals surface area contributed by atoms with E-state index in [1.807, 2.05) is 46.8 Å². The summed E-state index contributed by atoms with van der Waals surface area (Å²) in [5, 5.41) is 0. The monoisotopic (exact) mass is 400 g/mol. The van der Waals surface area contributed by atoms with Crippen LogP contribution in [0, 0.1) is 0 Å². The van der Waals surface area contributed by atoms with E-state index in [-0.39, 0.29) is 25.3 Å². The van der Waals surface area contributed by atoms with Crippen molar-refractivity contribution in [2.75, 3.05) is 32.2 Å². The summed E-state index contributed by atoms with van der Waals surface area (Å²) in [7, 11) is 0. The molecular formula is C19H29ClN2O5. The molecule has 0 N–H and O–H groups in total. The van der Waals surface area contributed by atoms with E-state index in [0.717, 1.165) is 5.57 Å². The summed E-state index contributed by atoms with van der Waals surface area (Å²) in [6, 6.07) is -0.196. The molecule has 2 heterocycles. The van der Waals surface area contributed by atoms with E-state index in [9.17, 15) is 9.59 Å². The maximum atomic E-state index is 12.5. The van der Waals surface area contributed by atoms with Gasteiger partial charge < -0.3 is 14.2 Å². The van der Waals surface area contributed by atoms with E-state index >= 15 is 0 Å². The van der Waals surface area contributed by atoms with Crippen molar-refractivity contribution in [1.29, 1.82) is 0 Å². The lowest BCUT2D eigenvalue weighted by molar-refractivity contribution is -0.0503. The maximum absolute atomic E-state index is 12.5. The van der Waals surface area contributed by atoms with Crippen molar-refractivity contribution >= 4 is 23.8 Å². The summed E-state index contributed by atoms with van der Waals surface area (Å²) in [6.45, 7) is 10.7. The van der Waals surface area contributed by atoms with E-state index in [1.165, 1.54) is 0 Å². The van der Waals surface area contributed by atoms with Gasteiger partial charge in [-0.25, -0.2) is 9.59 Å². The molecule has 1 atom stereocenters. The number of carbonyl (C=O) groups is 2. The fourth-order valence-electron chi connectivity index (χ4n) is 3.22. The molecule has 8 heteroatoms. The minimum atomic E-state index is -0.709. The van der Waals surface area contributed by atoms with Gasteiger partial charge in [-0.1, -0.05) is 17.7 Å². The zero-order chi connectivity index (χ0) is 20.2. The zero-order valence-corrected chi connectivity index (χ0v) is 17.4. The predicted molar refractivity (Wildman–Crippen MR) is 103 cm³/mol. The molecule has 2 aliphatic rings. The highest BCUT2D eigenvalue weighted by Gasteiger charge is 2.49. The molecule has 0 aromatic heterocycles. The van der Waals surface area contributed by atoms with Gasteiger partial charge in [-0.15, -0.1) is 11.6 Å². The molecule has 27 heavy (non-hydrogen) atoms. The van der Waals surface area contributed by atoms with E-state index < -0.39 is 17.4 Å². The molecular weight excluding hydrogens is 372 g/mol. The van der Waals surface area contributed by atoms with Gasteiger partial charge in [0.05, 0.1) is 18.2 Å². The highest BCUT2D eigenvalue weighted by Crippen LogP contribution is 2.34. The van der Waals surface area contributed by atoms with Gasteiger partial charge in [0.2, 0.25) is 0 Å². The molecule has 0 aromatic carbocycles. The molecule has 0 saturated carbocycles. The summed E-state index contributed by atoms with van der Waals surface area (Å²) >= 11 is 5.76. The third-order valence-corrected chi connectivity index (χ3v) is 5.05. The fraction of sp³-hybridized carbons (Fsp3) is 0.684. The fourth-order valence-corrected chi connectivity index (χ4v) is 3.33. The molecule has 7 nitrogen and oxygen atoms in total. The Labute approximate surface area is 165 Å². The van der Waals surface area contributed by atoms with Gasteiger partial charge in [0.1, 0.15) is 18.9 Å². The van der Waals surface area contributed by atoms with Crippen LogP contribution in [0.5, 0.6) is 0 Å². The van der Waals surface area contributed by atoms with E-state index in [0.29, 0.717) is 19.0 Å². The predicted octanol–water partition coefficient (Wildman–Crippen LogP) is 3.53. The van der Waals surface area contributed by atoms with Crippen molar-refractivity contribution in [2.45, 2.75) is 51.9 Å². The van der Waals surface area contributed by atoms with Crippen LogP contribution < -0.4 is 0 Å². The third-order valence-electron chi connectivity index (χ3n) is 4.63. The standard InChI is InChI=1S/C19H29ClN2O5/c1-14(11-20)8-9-21-15(12-26-16(21)23)7-6-10-25-17(24)22-18(2,3)13-27-19(22,4)5/h6-8,15H,9-13H2,1-5H3/b7-6+,14-8+. The molecule has 2 rings (SSSR count). The number of alkyl halides is 1. The van der Waals surface area contributed by atoms with Gasteiger partial charge in [0.15, 0.2) is 0 Å². The Kier molecular flexibility index (Phi) is 6.81. The van der Waals surface area contributed by atoms with Crippen LogP contribution in [-0.2, 0) is 14.2 Å². The molecule has 0 radical (unpaired) electrons. The average Bonchev–Trinajstić information content (AvgIpc) is 3.05. The maximum Gasteiger partial charge on any atom is 0.412 e. The first-order valence-corrected chi connectivity index (χ1v) is 9.54. The molecule has 2 saturated heterocycles. The lowest BCUT2D eigenvalue weighted by Crippen LogP contribution is -2.52. The SMILES string of the molecule is C/C(=C\CN1C(=O)OCC1/C=C/COC(=O)N1C(C)(C)COC1(C)C)CCl. The first kappa shape index (κ1) is 21.6. The number of allylic oxidation sites excluding steroid dienone is 1. The van der Waals surface area contributed by atoms with Crippen LogP contribution >= 0.6 is 11.6 Å². The summed E-state index contributed by atoms with van der Waals surface area (Å²) < 4.78 is 16.2. The highest BCUT2D eigenvalue weighted by molar-refractivity contribution is 6.19. The Morgan fingerprint density at radius 2 is 2.07 bits per heavy atom. The molecule has 2 fully saturated rings. The molecule has 1 unspecified atom stereocenters. The third kappa shape index (κ3) is 5.17. The lowest BCUT2D eigenvalue weighted by atomic mass is 10.0. The topological polar surface area (TPSA) is 68.3 Å². The number of amides is 2. The van der Waals surface area contributed by atoms with Crippen molar-refractivity contribution in [3.63, 3.8) is 0 Å². The number of rotatable bonds is 6. The first-order valence-electron chi connectivity index (χ1n) is 9.01. The number of halogens is 1. The number of hydrogen-bond acceptors (Lipinski definition) is 5. The van der Waals surface area contributed by atoms with Gasteiger partial charge in [-0.3, -0.25) is 9.80 Å². The van der Waals surface area contributed by atoms with E-state index in [4.69, 9.17) is 25.8 Å². The Hall–Kier alpha value is -1.73. The smallest absolute Gasteiger partial charge is 0.412 e. The summed E-state index contributed by atoms with van der Waals surface area (Å²) in [4.78, 5) is 27.5. The number of hydrogen-bond donors (Lipinski definition) is 0. The zero-order valence-electron chi connectivity index (χ0n) is 16.7. The number of cyclic esters (lactones) is 1. The van der Waals surface area contributed by atoms with E-state index in [2.05, 4.69) is 0 Å². The molecule has 2 amide bonds. The average molecular weight is 401 g/mol. The minimum absolute atomic E-state index is 0.108. The number of ether oxygens (including phenoxy) is 3. The van der Waals surface area contributed by atoms with Gasteiger partial charge in [0.25, 0.3) is 0 Å². The Morgan fingerprint density at radius 3 is 2.67 bits per heavy atom. The minimum Gasteiger partial charge on any atom is -0.447 e. The van der Waals surface area contributed by atoms with Crippen molar-refractivity contribution in [3.8, 4) is 0 Å². The van der Waals surface area contributed by atoms with Crippen LogP contribution in [0.25, 0.3) is 0 Å². The van der Waals surface area contributed by atoms with Crippen molar-refractivity contribution in [3.05, 3.63) is 23.8 Å². The van der Waals surface area contributed by atoms with Gasteiger partial charge >= 0.3 is 12.2 Å². The number of nitrogens with zero attached hydrogens (tertiary/aromatic N) is 2. The Balaban J connectivity index is 1.89. The van der Waals surface area contributed by atoms with Crippen LogP contribution in [0.3, 0.4) is 0 Å². The largest absolute Gasteiger partial charge is 0.447 e. The van der Waals surface area contributed by atoms with Crippen molar-refractivity contribution in [2.24, 2.45) is 0 Å². The van der Waals surface area contributed by atoms with Crippen molar-refractivity contribution in [1.82, 2.24) is 9.80 Å². The molecule has 0 aliphatic carbocycles. The Morgan fingerprint density at radius 1 is 1.37 bits per heavy atom. The molecule has 0 bridgehead atoms. The van der Waals surface area contributed by atoms with Crippen LogP contribution in [0.4, 0.5) is 9.59 Å². The summed E-state index contributed by atoms with van der Waals surface area (Å²) in [6.07, 6.45) is 4.66. The quantitative estimate of drug-likeness (QED) is 0.504. The van der Waals surface area contributed by atoms with Crippen LogP contribution in [0.1, 0.15) is 34.6 Å².